The second-order valence-electron chi connectivity index (χ2n) is 5.29. The van der Waals surface area contributed by atoms with E-state index in [1.807, 2.05) is 6.92 Å². The van der Waals surface area contributed by atoms with Crippen molar-refractivity contribution in [3.63, 3.8) is 0 Å². The first-order valence-corrected chi connectivity index (χ1v) is 8.37. The van der Waals surface area contributed by atoms with E-state index in [9.17, 15) is 9.59 Å². The van der Waals surface area contributed by atoms with Crippen molar-refractivity contribution in [1.82, 2.24) is 10.9 Å². The minimum atomic E-state index is -0.524. The molecule has 0 saturated heterocycles. The number of hydrazine groups is 1. The number of halogens is 1. The van der Waals surface area contributed by atoms with Crippen LogP contribution in [0.2, 0.25) is 0 Å². The molecule has 26 heavy (non-hydrogen) atoms. The number of ether oxygens (including phenoxy) is 3. The Kier molecular flexibility index (Phi) is 6.46. The van der Waals surface area contributed by atoms with Crippen LogP contribution in [-0.4, -0.2) is 33.1 Å². The van der Waals surface area contributed by atoms with Crippen molar-refractivity contribution in [3.8, 4) is 17.2 Å². The maximum absolute atomic E-state index is 12.4. The number of carbonyl (C=O) groups excluding carboxylic acids is 2. The molecule has 0 spiro atoms. The van der Waals surface area contributed by atoms with Crippen LogP contribution in [-0.2, 0) is 0 Å². The number of methoxy groups -OCH3 is 3. The first kappa shape index (κ1) is 19.6. The zero-order valence-corrected chi connectivity index (χ0v) is 16.4. The maximum Gasteiger partial charge on any atom is 0.269 e. The monoisotopic (exact) mass is 422 g/mol. The summed E-state index contributed by atoms with van der Waals surface area (Å²) in [6.45, 7) is 1.91. The number of rotatable bonds is 5. The number of amides is 2. The summed E-state index contributed by atoms with van der Waals surface area (Å²) < 4.78 is 16.4. The Balaban J connectivity index is 2.14. The molecule has 0 radical (unpaired) electrons. The van der Waals surface area contributed by atoms with Gasteiger partial charge in [0, 0.05) is 15.6 Å². The summed E-state index contributed by atoms with van der Waals surface area (Å²) in [4.78, 5) is 24.5. The van der Waals surface area contributed by atoms with E-state index in [-0.39, 0.29) is 5.56 Å². The van der Waals surface area contributed by atoms with Gasteiger partial charge in [0.1, 0.15) is 0 Å². The quantitative estimate of drug-likeness (QED) is 0.723. The van der Waals surface area contributed by atoms with Gasteiger partial charge in [0.2, 0.25) is 5.75 Å². The lowest BCUT2D eigenvalue weighted by molar-refractivity contribution is 0.0846. The number of carbonyl (C=O) groups is 2. The Labute approximate surface area is 159 Å². The molecule has 2 rings (SSSR count). The molecule has 0 heterocycles. The summed E-state index contributed by atoms with van der Waals surface area (Å²) in [6.07, 6.45) is 0. The summed E-state index contributed by atoms with van der Waals surface area (Å²) in [6, 6.07) is 8.13. The highest BCUT2D eigenvalue weighted by molar-refractivity contribution is 9.10. The molecule has 0 bridgehead atoms. The van der Waals surface area contributed by atoms with E-state index in [2.05, 4.69) is 26.8 Å². The van der Waals surface area contributed by atoms with E-state index in [1.54, 1.807) is 18.2 Å². The van der Waals surface area contributed by atoms with Gasteiger partial charge in [0.15, 0.2) is 11.5 Å². The predicted molar refractivity (Wildman–Crippen MR) is 99.9 cm³/mol. The van der Waals surface area contributed by atoms with Crippen LogP contribution in [0.3, 0.4) is 0 Å². The van der Waals surface area contributed by atoms with E-state index >= 15 is 0 Å². The molecule has 0 saturated carbocycles. The lowest BCUT2D eigenvalue weighted by Crippen LogP contribution is -2.41. The number of benzene rings is 2. The van der Waals surface area contributed by atoms with Crippen LogP contribution in [0.15, 0.2) is 34.8 Å². The number of hydrogen-bond acceptors (Lipinski definition) is 5. The standard InChI is InChI=1S/C18H19BrN2O5/c1-10-5-6-11(7-13(10)19)17(22)20-21-18(23)12-8-14(24-2)16(26-4)15(9-12)25-3/h5-9H,1-4H3,(H,20,22)(H,21,23). The normalized spacial score (nSPS) is 10.0. The molecule has 138 valence electrons. The first-order chi connectivity index (χ1) is 12.4. The number of hydrogen-bond donors (Lipinski definition) is 2. The smallest absolute Gasteiger partial charge is 0.269 e. The van der Waals surface area contributed by atoms with Gasteiger partial charge in [-0.15, -0.1) is 0 Å². The summed E-state index contributed by atoms with van der Waals surface area (Å²) in [5.74, 6) is 0.0898. The van der Waals surface area contributed by atoms with E-state index in [4.69, 9.17) is 14.2 Å². The fourth-order valence-corrected chi connectivity index (χ4v) is 2.58. The highest BCUT2D eigenvalue weighted by Gasteiger charge is 2.17. The Bertz CT molecular complexity index is 813. The fraction of sp³-hybridized carbons (Fsp3) is 0.222. The molecule has 2 amide bonds. The molecule has 0 unspecified atom stereocenters. The second kappa shape index (κ2) is 8.57. The van der Waals surface area contributed by atoms with Crippen LogP contribution in [0.4, 0.5) is 0 Å². The average molecular weight is 423 g/mol. The Morgan fingerprint density at radius 2 is 1.38 bits per heavy atom. The van der Waals surface area contributed by atoms with Crippen molar-refractivity contribution in [2.24, 2.45) is 0 Å². The van der Waals surface area contributed by atoms with Crippen LogP contribution in [0, 0.1) is 6.92 Å². The van der Waals surface area contributed by atoms with Gasteiger partial charge in [-0.2, -0.15) is 0 Å². The summed E-state index contributed by atoms with van der Waals surface area (Å²) in [5, 5.41) is 0. The lowest BCUT2D eigenvalue weighted by atomic mass is 10.1. The molecule has 0 fully saturated rings. The minimum Gasteiger partial charge on any atom is -0.493 e. The average Bonchev–Trinajstić information content (AvgIpc) is 2.66. The zero-order valence-electron chi connectivity index (χ0n) is 14.8. The Morgan fingerprint density at radius 3 is 1.85 bits per heavy atom. The molecule has 2 aromatic rings. The van der Waals surface area contributed by atoms with Crippen LogP contribution >= 0.6 is 15.9 Å². The topological polar surface area (TPSA) is 85.9 Å². The molecular formula is C18H19BrN2O5. The first-order valence-electron chi connectivity index (χ1n) is 7.58. The second-order valence-corrected chi connectivity index (χ2v) is 6.14. The van der Waals surface area contributed by atoms with Crippen molar-refractivity contribution in [3.05, 3.63) is 51.5 Å². The van der Waals surface area contributed by atoms with E-state index in [0.29, 0.717) is 22.8 Å². The highest BCUT2D eigenvalue weighted by Crippen LogP contribution is 2.38. The van der Waals surface area contributed by atoms with E-state index in [1.165, 1.54) is 33.5 Å². The third kappa shape index (κ3) is 4.26. The SMILES string of the molecule is COc1cc(C(=O)NNC(=O)c2ccc(C)c(Br)c2)cc(OC)c1OC. The largest absolute Gasteiger partial charge is 0.493 e. The molecule has 8 heteroatoms. The van der Waals surface area contributed by atoms with Gasteiger partial charge in [-0.25, -0.2) is 0 Å². The van der Waals surface area contributed by atoms with Crippen LogP contribution in [0.25, 0.3) is 0 Å². The Hall–Kier alpha value is -2.74. The van der Waals surface area contributed by atoms with E-state index < -0.39 is 11.8 Å². The predicted octanol–water partition coefficient (Wildman–Crippen LogP) is 2.86. The van der Waals surface area contributed by atoms with Gasteiger partial charge in [-0.1, -0.05) is 22.0 Å². The van der Waals surface area contributed by atoms with Crippen molar-refractivity contribution in [2.75, 3.05) is 21.3 Å². The highest BCUT2D eigenvalue weighted by atomic mass is 79.9. The van der Waals surface area contributed by atoms with Gasteiger partial charge in [-0.05, 0) is 36.8 Å². The zero-order chi connectivity index (χ0) is 19.3. The van der Waals surface area contributed by atoms with Crippen molar-refractivity contribution >= 4 is 27.7 Å². The third-order valence-corrected chi connectivity index (χ3v) is 4.50. The Morgan fingerprint density at radius 1 is 0.846 bits per heavy atom. The number of aryl methyl sites for hydroxylation is 1. The fourth-order valence-electron chi connectivity index (χ4n) is 2.20. The molecule has 0 atom stereocenters. The van der Waals surface area contributed by atoms with Gasteiger partial charge in [0.05, 0.1) is 21.3 Å². The molecule has 2 N–H and O–H groups in total. The third-order valence-electron chi connectivity index (χ3n) is 3.65. The number of nitrogens with one attached hydrogen (secondary N) is 2. The summed E-state index contributed by atoms with van der Waals surface area (Å²) >= 11 is 3.37. The van der Waals surface area contributed by atoms with Crippen molar-refractivity contribution in [2.45, 2.75) is 6.92 Å². The molecule has 0 aliphatic carbocycles. The van der Waals surface area contributed by atoms with Crippen LogP contribution < -0.4 is 25.1 Å². The molecule has 2 aromatic carbocycles. The molecule has 0 aliphatic rings. The molecular weight excluding hydrogens is 404 g/mol. The van der Waals surface area contributed by atoms with Crippen LogP contribution in [0.5, 0.6) is 17.2 Å². The van der Waals surface area contributed by atoms with Gasteiger partial charge < -0.3 is 14.2 Å². The van der Waals surface area contributed by atoms with Crippen LogP contribution in [0.1, 0.15) is 26.3 Å². The minimum absolute atomic E-state index is 0.241. The van der Waals surface area contributed by atoms with Crippen molar-refractivity contribution < 1.29 is 23.8 Å². The van der Waals surface area contributed by atoms with Gasteiger partial charge in [0.25, 0.3) is 11.8 Å². The van der Waals surface area contributed by atoms with Gasteiger partial charge >= 0.3 is 0 Å². The molecule has 0 aliphatic heterocycles. The maximum atomic E-state index is 12.4. The molecule has 7 nitrogen and oxygen atoms in total. The van der Waals surface area contributed by atoms with Crippen molar-refractivity contribution in [1.29, 1.82) is 0 Å². The summed E-state index contributed by atoms with van der Waals surface area (Å²) in [5.41, 5.74) is 6.39. The summed E-state index contributed by atoms with van der Waals surface area (Å²) in [7, 11) is 4.38. The lowest BCUT2D eigenvalue weighted by Gasteiger charge is -2.14. The van der Waals surface area contributed by atoms with E-state index in [0.717, 1.165) is 10.0 Å². The van der Waals surface area contributed by atoms with Gasteiger partial charge in [-0.3, -0.25) is 20.4 Å². The molecule has 0 aromatic heterocycles.